The average Bonchev–Trinajstić information content (AvgIpc) is 2.87. The fraction of sp³-hybridized carbons (Fsp3) is 0.333. The van der Waals surface area contributed by atoms with Crippen molar-refractivity contribution in [1.29, 1.82) is 0 Å². The van der Waals surface area contributed by atoms with Gasteiger partial charge in [-0.1, -0.05) is 12.1 Å². The van der Waals surface area contributed by atoms with Crippen LogP contribution in [0.1, 0.15) is 18.7 Å². The summed E-state index contributed by atoms with van der Waals surface area (Å²) >= 11 is 0. The Bertz CT molecular complexity index is 542. The maximum absolute atomic E-state index is 13.5. The highest BCUT2D eigenvalue weighted by atomic mass is 19.1. The number of halogens is 1. The minimum atomic E-state index is -0.471. The average molecular weight is 251 g/mol. The second-order valence-corrected chi connectivity index (χ2v) is 3.94. The molecule has 0 saturated heterocycles. The van der Waals surface area contributed by atoms with E-state index in [1.54, 1.807) is 6.07 Å². The van der Waals surface area contributed by atoms with Gasteiger partial charge in [0.2, 0.25) is 0 Å². The molecule has 18 heavy (non-hydrogen) atoms. The van der Waals surface area contributed by atoms with Gasteiger partial charge in [0.25, 0.3) is 5.89 Å². The van der Waals surface area contributed by atoms with Crippen LogP contribution < -0.4 is 10.5 Å². The predicted molar refractivity (Wildman–Crippen MR) is 63.7 cm³/mol. The summed E-state index contributed by atoms with van der Waals surface area (Å²) in [6.07, 6.45) is 0. The van der Waals surface area contributed by atoms with Gasteiger partial charge in [0.15, 0.2) is 17.4 Å². The van der Waals surface area contributed by atoms with Crippen molar-refractivity contribution >= 4 is 0 Å². The van der Waals surface area contributed by atoms with Crippen molar-refractivity contribution < 1.29 is 13.7 Å². The number of nitrogens with two attached hydrogens (primary N) is 1. The van der Waals surface area contributed by atoms with E-state index in [1.165, 1.54) is 19.2 Å². The van der Waals surface area contributed by atoms with Gasteiger partial charge in [-0.25, -0.2) is 4.39 Å². The first-order valence-corrected chi connectivity index (χ1v) is 5.53. The van der Waals surface area contributed by atoms with E-state index < -0.39 is 5.82 Å². The van der Waals surface area contributed by atoms with Crippen molar-refractivity contribution in [2.45, 2.75) is 12.8 Å². The largest absolute Gasteiger partial charge is 0.494 e. The van der Waals surface area contributed by atoms with Crippen molar-refractivity contribution in [1.82, 2.24) is 10.1 Å². The lowest BCUT2D eigenvalue weighted by Crippen LogP contribution is -2.10. The zero-order chi connectivity index (χ0) is 13.1. The van der Waals surface area contributed by atoms with E-state index >= 15 is 0 Å². The Labute approximate surface area is 104 Å². The number of aromatic nitrogens is 2. The summed E-state index contributed by atoms with van der Waals surface area (Å²) in [7, 11) is 1.41. The van der Waals surface area contributed by atoms with E-state index in [4.69, 9.17) is 15.0 Å². The van der Waals surface area contributed by atoms with E-state index in [2.05, 4.69) is 10.1 Å². The third-order valence-corrected chi connectivity index (χ3v) is 2.63. The molecule has 0 aliphatic rings. The van der Waals surface area contributed by atoms with Gasteiger partial charge in [-0.15, -0.1) is 0 Å². The Morgan fingerprint density at radius 2 is 2.28 bits per heavy atom. The van der Waals surface area contributed by atoms with Crippen LogP contribution in [-0.4, -0.2) is 23.8 Å². The summed E-state index contributed by atoms with van der Waals surface area (Å²) in [4.78, 5) is 4.18. The number of benzene rings is 1. The predicted octanol–water partition coefficient (Wildman–Crippen LogP) is 1.95. The van der Waals surface area contributed by atoms with Gasteiger partial charge < -0.3 is 15.0 Å². The summed E-state index contributed by atoms with van der Waals surface area (Å²) in [5, 5.41) is 3.82. The van der Waals surface area contributed by atoms with Gasteiger partial charge in [0, 0.05) is 18.0 Å². The number of hydrogen-bond donors (Lipinski definition) is 1. The zero-order valence-corrected chi connectivity index (χ0v) is 10.2. The third kappa shape index (κ3) is 2.33. The normalized spacial score (nSPS) is 12.4. The van der Waals surface area contributed by atoms with Crippen molar-refractivity contribution in [3.8, 4) is 17.2 Å². The maximum Gasteiger partial charge on any atom is 0.258 e. The van der Waals surface area contributed by atoms with Crippen LogP contribution in [-0.2, 0) is 0 Å². The maximum atomic E-state index is 13.5. The van der Waals surface area contributed by atoms with Gasteiger partial charge in [0.1, 0.15) is 0 Å². The summed E-state index contributed by atoms with van der Waals surface area (Å²) in [6.45, 7) is 2.32. The van der Waals surface area contributed by atoms with Crippen LogP contribution in [0.15, 0.2) is 22.7 Å². The summed E-state index contributed by atoms with van der Waals surface area (Å²) in [5.41, 5.74) is 6.03. The second-order valence-electron chi connectivity index (χ2n) is 3.94. The lowest BCUT2D eigenvalue weighted by atomic mass is 10.1. The molecular weight excluding hydrogens is 237 g/mol. The highest BCUT2D eigenvalue weighted by molar-refractivity contribution is 5.54. The molecule has 1 aromatic heterocycles. The summed E-state index contributed by atoms with van der Waals surface area (Å²) in [6, 6.07) is 4.47. The second kappa shape index (κ2) is 5.14. The van der Waals surface area contributed by atoms with Crippen LogP contribution in [0, 0.1) is 5.82 Å². The molecule has 2 aromatic rings. The van der Waals surface area contributed by atoms with Crippen molar-refractivity contribution in [2.75, 3.05) is 13.7 Å². The van der Waals surface area contributed by atoms with Crippen LogP contribution in [0.4, 0.5) is 4.39 Å². The van der Waals surface area contributed by atoms with Gasteiger partial charge >= 0.3 is 0 Å². The molecule has 2 rings (SSSR count). The Hall–Kier alpha value is -1.95. The zero-order valence-electron chi connectivity index (χ0n) is 10.2. The highest BCUT2D eigenvalue weighted by Gasteiger charge is 2.15. The van der Waals surface area contributed by atoms with Crippen LogP contribution in [0.25, 0.3) is 11.5 Å². The molecule has 2 N–H and O–H groups in total. The van der Waals surface area contributed by atoms with E-state index in [1.807, 2.05) is 6.92 Å². The first kappa shape index (κ1) is 12.5. The fourth-order valence-electron chi connectivity index (χ4n) is 1.46. The molecule has 1 aromatic carbocycles. The van der Waals surface area contributed by atoms with Crippen LogP contribution in [0.3, 0.4) is 0 Å². The lowest BCUT2D eigenvalue weighted by Gasteiger charge is -2.02. The van der Waals surface area contributed by atoms with E-state index in [-0.39, 0.29) is 17.6 Å². The molecule has 0 spiro atoms. The number of methoxy groups -OCH3 is 1. The molecule has 96 valence electrons. The highest BCUT2D eigenvalue weighted by Crippen LogP contribution is 2.25. The Morgan fingerprint density at radius 3 is 2.89 bits per heavy atom. The summed E-state index contributed by atoms with van der Waals surface area (Å²) in [5.74, 6) is 0.497. The standard InChI is InChI=1S/C12H14FN3O2/c1-7(6-14)11-15-12(18-16-11)8-3-4-10(17-2)9(13)5-8/h3-5,7H,6,14H2,1-2H3. The number of nitrogens with zero attached hydrogens (tertiary/aromatic N) is 2. The molecular formula is C12H14FN3O2. The first-order valence-electron chi connectivity index (χ1n) is 5.53. The molecule has 1 unspecified atom stereocenters. The quantitative estimate of drug-likeness (QED) is 0.898. The molecule has 6 heteroatoms. The molecule has 0 aliphatic carbocycles. The minimum Gasteiger partial charge on any atom is -0.494 e. The molecule has 0 aliphatic heterocycles. The van der Waals surface area contributed by atoms with Crippen molar-refractivity contribution in [2.24, 2.45) is 5.73 Å². The topological polar surface area (TPSA) is 74.2 Å². The lowest BCUT2D eigenvalue weighted by molar-refractivity contribution is 0.386. The van der Waals surface area contributed by atoms with E-state index in [0.717, 1.165) is 0 Å². The Balaban J connectivity index is 2.31. The molecule has 1 atom stereocenters. The Morgan fingerprint density at radius 1 is 1.50 bits per heavy atom. The number of hydrogen-bond acceptors (Lipinski definition) is 5. The van der Waals surface area contributed by atoms with Crippen molar-refractivity contribution in [3.05, 3.63) is 29.8 Å². The van der Waals surface area contributed by atoms with Gasteiger partial charge in [-0.05, 0) is 18.2 Å². The van der Waals surface area contributed by atoms with E-state index in [9.17, 15) is 4.39 Å². The Kier molecular flexibility index (Phi) is 3.57. The third-order valence-electron chi connectivity index (χ3n) is 2.63. The SMILES string of the molecule is COc1ccc(-c2nc(C(C)CN)no2)cc1F. The molecule has 5 nitrogen and oxygen atoms in total. The minimum absolute atomic E-state index is 0.00518. The number of ether oxygens (including phenoxy) is 1. The van der Waals surface area contributed by atoms with Gasteiger partial charge in [-0.3, -0.25) is 0 Å². The van der Waals surface area contributed by atoms with Crippen LogP contribution in [0.5, 0.6) is 5.75 Å². The fourth-order valence-corrected chi connectivity index (χ4v) is 1.46. The smallest absolute Gasteiger partial charge is 0.258 e. The molecule has 0 saturated carbocycles. The van der Waals surface area contributed by atoms with Crippen LogP contribution >= 0.6 is 0 Å². The van der Waals surface area contributed by atoms with Gasteiger partial charge in [-0.2, -0.15) is 4.98 Å². The number of rotatable bonds is 4. The molecule has 0 bridgehead atoms. The molecule has 0 radical (unpaired) electrons. The molecule has 0 fully saturated rings. The molecule has 1 heterocycles. The first-order chi connectivity index (χ1) is 8.65. The summed E-state index contributed by atoms with van der Waals surface area (Å²) < 4.78 is 23.4. The van der Waals surface area contributed by atoms with E-state index in [0.29, 0.717) is 17.9 Å². The molecule has 0 amide bonds. The van der Waals surface area contributed by atoms with Gasteiger partial charge in [0.05, 0.1) is 7.11 Å². The van der Waals surface area contributed by atoms with Crippen LogP contribution in [0.2, 0.25) is 0 Å². The van der Waals surface area contributed by atoms with Crippen molar-refractivity contribution in [3.63, 3.8) is 0 Å². The monoisotopic (exact) mass is 251 g/mol.